The maximum atomic E-state index is 6.07. The summed E-state index contributed by atoms with van der Waals surface area (Å²) < 4.78 is 10.6. The van der Waals surface area contributed by atoms with Crippen LogP contribution in [-0.4, -0.2) is 24.2 Å². The van der Waals surface area contributed by atoms with Gasteiger partial charge in [-0.2, -0.15) is 0 Å². The second-order valence-corrected chi connectivity index (χ2v) is 5.35. The first kappa shape index (κ1) is 12.8. The summed E-state index contributed by atoms with van der Waals surface area (Å²) in [5, 5.41) is 2.03. The SMILES string of the molecule is COc1cc2nc(-c3scc(C)c3N)[nH]c2cc1OC. The number of anilines is 1. The summed E-state index contributed by atoms with van der Waals surface area (Å²) in [5.41, 5.74) is 9.63. The number of hydrogen-bond donors (Lipinski definition) is 2. The summed E-state index contributed by atoms with van der Waals surface area (Å²) in [6.07, 6.45) is 0. The van der Waals surface area contributed by atoms with Crippen LogP contribution in [0.5, 0.6) is 11.5 Å². The number of aromatic amines is 1. The maximum Gasteiger partial charge on any atom is 0.163 e. The highest BCUT2D eigenvalue weighted by Crippen LogP contribution is 2.36. The number of imidazole rings is 1. The average Bonchev–Trinajstić information content (AvgIpc) is 3.01. The molecule has 1 aromatic carbocycles. The molecule has 0 radical (unpaired) electrons. The van der Waals surface area contributed by atoms with Gasteiger partial charge < -0.3 is 20.2 Å². The number of fused-ring (bicyclic) bond motifs is 1. The molecule has 0 aliphatic heterocycles. The highest BCUT2D eigenvalue weighted by molar-refractivity contribution is 7.14. The third-order valence-electron chi connectivity index (χ3n) is 3.23. The molecule has 3 N–H and O–H groups in total. The number of benzene rings is 1. The molecule has 0 spiro atoms. The van der Waals surface area contributed by atoms with Crippen molar-refractivity contribution in [2.24, 2.45) is 0 Å². The summed E-state index contributed by atoms with van der Waals surface area (Å²) in [5.74, 6) is 2.10. The number of ether oxygens (including phenoxy) is 2. The molecule has 0 aliphatic rings. The highest BCUT2D eigenvalue weighted by Gasteiger charge is 2.14. The van der Waals surface area contributed by atoms with Crippen molar-refractivity contribution in [3.63, 3.8) is 0 Å². The van der Waals surface area contributed by atoms with Crippen molar-refractivity contribution in [2.75, 3.05) is 20.0 Å². The third-order valence-corrected chi connectivity index (χ3v) is 4.35. The number of methoxy groups -OCH3 is 2. The van der Waals surface area contributed by atoms with Gasteiger partial charge in [-0.05, 0) is 17.9 Å². The highest BCUT2D eigenvalue weighted by atomic mass is 32.1. The molecule has 0 unspecified atom stereocenters. The van der Waals surface area contributed by atoms with Crippen LogP contribution in [-0.2, 0) is 0 Å². The van der Waals surface area contributed by atoms with Gasteiger partial charge in [0.15, 0.2) is 17.3 Å². The number of hydrogen-bond acceptors (Lipinski definition) is 5. The zero-order valence-corrected chi connectivity index (χ0v) is 12.3. The lowest BCUT2D eigenvalue weighted by Crippen LogP contribution is -1.89. The molecule has 0 aliphatic carbocycles. The molecule has 5 nitrogen and oxygen atoms in total. The van der Waals surface area contributed by atoms with Gasteiger partial charge >= 0.3 is 0 Å². The molecule has 2 aromatic heterocycles. The minimum absolute atomic E-state index is 0.661. The van der Waals surface area contributed by atoms with Gasteiger partial charge in [-0.3, -0.25) is 0 Å². The van der Waals surface area contributed by atoms with Crippen molar-refractivity contribution in [3.05, 3.63) is 23.1 Å². The van der Waals surface area contributed by atoms with Gasteiger partial charge in [0.2, 0.25) is 0 Å². The van der Waals surface area contributed by atoms with Crippen LogP contribution in [0, 0.1) is 6.92 Å². The monoisotopic (exact) mass is 289 g/mol. The molecule has 104 valence electrons. The zero-order chi connectivity index (χ0) is 14.3. The molecule has 0 saturated heterocycles. The molecule has 2 heterocycles. The van der Waals surface area contributed by atoms with E-state index in [0.717, 1.165) is 33.0 Å². The molecule has 3 aromatic rings. The Morgan fingerprint density at radius 2 is 1.90 bits per heavy atom. The van der Waals surface area contributed by atoms with Crippen molar-refractivity contribution in [1.82, 2.24) is 9.97 Å². The Morgan fingerprint density at radius 1 is 1.20 bits per heavy atom. The van der Waals surface area contributed by atoms with Crippen molar-refractivity contribution < 1.29 is 9.47 Å². The predicted octanol–water partition coefficient (Wildman–Crippen LogP) is 3.20. The lowest BCUT2D eigenvalue weighted by Gasteiger charge is -2.06. The van der Waals surface area contributed by atoms with E-state index < -0.39 is 0 Å². The largest absolute Gasteiger partial charge is 0.493 e. The van der Waals surface area contributed by atoms with Gasteiger partial charge in [0, 0.05) is 12.1 Å². The second-order valence-electron chi connectivity index (χ2n) is 4.47. The van der Waals surface area contributed by atoms with E-state index in [0.29, 0.717) is 11.5 Å². The summed E-state index contributed by atoms with van der Waals surface area (Å²) in [6, 6.07) is 3.73. The first-order valence-corrected chi connectivity index (χ1v) is 6.97. The molecule has 3 rings (SSSR count). The maximum absolute atomic E-state index is 6.07. The Hall–Kier alpha value is -2.21. The summed E-state index contributed by atoms with van der Waals surface area (Å²) in [4.78, 5) is 8.81. The van der Waals surface area contributed by atoms with Crippen LogP contribution in [0.2, 0.25) is 0 Å². The number of nitrogens with zero attached hydrogens (tertiary/aromatic N) is 1. The number of aryl methyl sites for hydroxylation is 1. The zero-order valence-electron chi connectivity index (χ0n) is 11.5. The van der Waals surface area contributed by atoms with Crippen LogP contribution in [0.4, 0.5) is 5.69 Å². The number of H-pyrrole nitrogens is 1. The third kappa shape index (κ3) is 1.89. The molecule has 6 heteroatoms. The molecule has 0 fully saturated rings. The van der Waals surface area contributed by atoms with Gasteiger partial charge in [-0.15, -0.1) is 11.3 Å². The van der Waals surface area contributed by atoms with E-state index in [1.807, 2.05) is 24.4 Å². The Kier molecular flexibility index (Phi) is 3.02. The van der Waals surface area contributed by atoms with Crippen LogP contribution in [0.25, 0.3) is 21.7 Å². The van der Waals surface area contributed by atoms with Crippen LogP contribution in [0.3, 0.4) is 0 Å². The number of aromatic nitrogens is 2. The lowest BCUT2D eigenvalue weighted by molar-refractivity contribution is 0.356. The van der Waals surface area contributed by atoms with Gasteiger partial charge in [0.1, 0.15) is 0 Å². The molecule has 20 heavy (non-hydrogen) atoms. The van der Waals surface area contributed by atoms with Crippen LogP contribution >= 0.6 is 11.3 Å². The van der Waals surface area contributed by atoms with Crippen molar-refractivity contribution >= 4 is 28.1 Å². The van der Waals surface area contributed by atoms with Gasteiger partial charge in [-0.25, -0.2) is 4.98 Å². The molecular formula is C14H15N3O2S. The van der Waals surface area contributed by atoms with Crippen LogP contribution < -0.4 is 15.2 Å². The van der Waals surface area contributed by atoms with Gasteiger partial charge in [0.05, 0.1) is 35.8 Å². The number of nitrogen functional groups attached to an aromatic ring is 1. The Bertz CT molecular complexity index is 735. The minimum atomic E-state index is 0.661. The van der Waals surface area contributed by atoms with Gasteiger partial charge in [-0.1, -0.05) is 0 Å². The summed E-state index contributed by atoms with van der Waals surface area (Å²) >= 11 is 1.58. The van der Waals surface area contributed by atoms with Crippen molar-refractivity contribution in [2.45, 2.75) is 6.92 Å². The fourth-order valence-corrected chi connectivity index (χ4v) is 3.00. The van der Waals surface area contributed by atoms with E-state index in [4.69, 9.17) is 15.2 Å². The van der Waals surface area contributed by atoms with E-state index in [2.05, 4.69) is 9.97 Å². The second kappa shape index (κ2) is 4.72. The summed E-state index contributed by atoms with van der Waals surface area (Å²) in [7, 11) is 3.22. The van der Waals surface area contributed by atoms with E-state index in [1.54, 1.807) is 25.6 Å². The Balaban J connectivity index is 2.18. The topological polar surface area (TPSA) is 73.2 Å². The predicted molar refractivity (Wildman–Crippen MR) is 81.7 cm³/mol. The number of nitrogens with one attached hydrogen (secondary N) is 1. The Morgan fingerprint density at radius 3 is 2.50 bits per heavy atom. The minimum Gasteiger partial charge on any atom is -0.493 e. The number of nitrogens with two attached hydrogens (primary N) is 1. The smallest absolute Gasteiger partial charge is 0.163 e. The molecular weight excluding hydrogens is 274 g/mol. The van der Waals surface area contributed by atoms with E-state index in [1.165, 1.54) is 0 Å². The quantitative estimate of drug-likeness (QED) is 0.776. The normalized spacial score (nSPS) is 10.9. The Labute approximate surface area is 120 Å². The first-order chi connectivity index (χ1) is 9.63. The summed E-state index contributed by atoms with van der Waals surface area (Å²) in [6.45, 7) is 1.99. The molecule has 0 saturated carbocycles. The number of thiophene rings is 1. The fraction of sp³-hybridized carbons (Fsp3) is 0.214. The van der Waals surface area contributed by atoms with Crippen molar-refractivity contribution in [3.8, 4) is 22.2 Å². The number of rotatable bonds is 3. The van der Waals surface area contributed by atoms with E-state index >= 15 is 0 Å². The molecule has 0 atom stereocenters. The van der Waals surface area contributed by atoms with E-state index in [-0.39, 0.29) is 0 Å². The molecule has 0 amide bonds. The van der Waals surface area contributed by atoms with E-state index in [9.17, 15) is 0 Å². The van der Waals surface area contributed by atoms with Crippen LogP contribution in [0.1, 0.15) is 5.56 Å². The average molecular weight is 289 g/mol. The lowest BCUT2D eigenvalue weighted by atomic mass is 10.3. The molecule has 0 bridgehead atoms. The first-order valence-electron chi connectivity index (χ1n) is 6.09. The van der Waals surface area contributed by atoms with Crippen LogP contribution in [0.15, 0.2) is 17.5 Å². The van der Waals surface area contributed by atoms with Crippen molar-refractivity contribution in [1.29, 1.82) is 0 Å². The standard InChI is InChI=1S/C14H15N3O2S/c1-7-6-20-13(12(7)15)14-16-8-4-10(18-2)11(19-3)5-9(8)17-14/h4-6H,15H2,1-3H3,(H,16,17). The fourth-order valence-electron chi connectivity index (χ4n) is 2.08. The van der Waals surface area contributed by atoms with Gasteiger partial charge in [0.25, 0.3) is 0 Å².